The summed E-state index contributed by atoms with van der Waals surface area (Å²) in [6, 6.07) is 9.43. The lowest BCUT2D eigenvalue weighted by Crippen LogP contribution is -2.25. The molecule has 0 aromatic heterocycles. The second-order valence-electron chi connectivity index (χ2n) is 5.59. The minimum Gasteiger partial charge on any atom is -0.493 e. The summed E-state index contributed by atoms with van der Waals surface area (Å²) in [4.78, 5) is 12.1. The number of nitrogens with one attached hydrogen (secondary N) is 1. The number of carbonyl (C=O) groups excluding carboxylic acids is 1. The third kappa shape index (κ3) is 5.54. The summed E-state index contributed by atoms with van der Waals surface area (Å²) in [5, 5.41) is 11.2. The Bertz CT molecular complexity index is 891. The highest BCUT2D eigenvalue weighted by molar-refractivity contribution is 5.92. The molecule has 0 heterocycles. The summed E-state index contributed by atoms with van der Waals surface area (Å²) in [5.74, 6) is -0.985. The van der Waals surface area contributed by atoms with E-state index in [2.05, 4.69) is 5.32 Å². The smallest absolute Gasteiger partial charge is 0.244 e. The predicted octanol–water partition coefficient (Wildman–Crippen LogP) is 3.77. The Balaban J connectivity index is 2.04. The Morgan fingerprint density at radius 3 is 2.70 bits per heavy atom. The summed E-state index contributed by atoms with van der Waals surface area (Å²) in [6.45, 7) is 1.50. The molecule has 0 aliphatic rings. The Morgan fingerprint density at radius 2 is 2.04 bits per heavy atom. The second kappa shape index (κ2) is 9.34. The Hall–Kier alpha value is -3.40. The van der Waals surface area contributed by atoms with E-state index >= 15 is 0 Å². The van der Waals surface area contributed by atoms with Gasteiger partial charge in [-0.15, -0.1) is 0 Å². The molecule has 1 N–H and O–H groups in total. The lowest BCUT2D eigenvalue weighted by molar-refractivity contribution is -0.117. The van der Waals surface area contributed by atoms with E-state index in [-0.39, 0.29) is 12.2 Å². The van der Waals surface area contributed by atoms with Gasteiger partial charge in [-0.05, 0) is 36.8 Å². The van der Waals surface area contributed by atoms with Gasteiger partial charge in [0.15, 0.2) is 18.1 Å². The van der Waals surface area contributed by atoms with Crippen LogP contribution in [0.15, 0.2) is 42.5 Å². The van der Waals surface area contributed by atoms with Crippen LogP contribution in [-0.2, 0) is 4.79 Å². The number of rotatable bonds is 7. The van der Waals surface area contributed by atoms with Crippen molar-refractivity contribution in [2.24, 2.45) is 0 Å². The van der Waals surface area contributed by atoms with E-state index < -0.39 is 23.6 Å². The standard InChI is InChI=1S/C20H18F2N2O3/c1-13(16-6-5-15(21)12-17(16)22)24-20(25)8-4-14-3-7-18(27-10-9-23)19(11-14)26-2/h3-8,11-13H,10H2,1-2H3,(H,24,25)/b8-4+/t13-/m1/s1. The maximum atomic E-state index is 13.8. The van der Waals surface area contributed by atoms with Crippen LogP contribution in [0.1, 0.15) is 24.1 Å². The van der Waals surface area contributed by atoms with Crippen LogP contribution in [-0.4, -0.2) is 19.6 Å². The summed E-state index contributed by atoms with van der Waals surface area (Å²) in [7, 11) is 1.47. The van der Waals surface area contributed by atoms with Gasteiger partial charge in [0.2, 0.25) is 5.91 Å². The molecule has 7 heteroatoms. The zero-order chi connectivity index (χ0) is 19.8. The molecule has 140 valence electrons. The minimum atomic E-state index is -0.718. The fourth-order valence-corrected chi connectivity index (χ4v) is 2.38. The molecule has 0 fully saturated rings. The van der Waals surface area contributed by atoms with Crippen LogP contribution in [0, 0.1) is 23.0 Å². The molecule has 0 saturated heterocycles. The molecule has 27 heavy (non-hydrogen) atoms. The fraction of sp³-hybridized carbons (Fsp3) is 0.200. The number of hydrogen-bond donors (Lipinski definition) is 1. The molecule has 1 amide bonds. The van der Waals surface area contributed by atoms with Crippen LogP contribution >= 0.6 is 0 Å². The number of nitrogens with zero attached hydrogens (tertiary/aromatic N) is 1. The number of methoxy groups -OCH3 is 1. The summed E-state index contributed by atoms with van der Waals surface area (Å²) in [5.41, 5.74) is 0.866. The van der Waals surface area contributed by atoms with Crippen molar-refractivity contribution in [3.63, 3.8) is 0 Å². The van der Waals surface area contributed by atoms with Crippen LogP contribution in [0.4, 0.5) is 8.78 Å². The first-order chi connectivity index (χ1) is 12.9. The molecule has 2 rings (SSSR count). The Labute approximate surface area is 155 Å². The molecule has 0 spiro atoms. The van der Waals surface area contributed by atoms with Gasteiger partial charge >= 0.3 is 0 Å². The first kappa shape index (κ1) is 19.9. The number of benzene rings is 2. The van der Waals surface area contributed by atoms with Gasteiger partial charge in [0.05, 0.1) is 13.2 Å². The van der Waals surface area contributed by atoms with Crippen molar-refractivity contribution in [1.82, 2.24) is 5.32 Å². The average molecular weight is 372 g/mol. The van der Waals surface area contributed by atoms with Crippen LogP contribution in [0.3, 0.4) is 0 Å². The second-order valence-corrected chi connectivity index (χ2v) is 5.59. The Morgan fingerprint density at radius 1 is 1.26 bits per heavy atom. The highest BCUT2D eigenvalue weighted by Crippen LogP contribution is 2.28. The number of amides is 1. The van der Waals surface area contributed by atoms with E-state index in [0.29, 0.717) is 17.1 Å². The summed E-state index contributed by atoms with van der Waals surface area (Å²) < 4.78 is 37.1. The fourth-order valence-electron chi connectivity index (χ4n) is 2.38. The maximum Gasteiger partial charge on any atom is 0.244 e. The van der Waals surface area contributed by atoms with Crippen molar-refractivity contribution < 1.29 is 23.0 Å². The van der Waals surface area contributed by atoms with Gasteiger partial charge in [-0.1, -0.05) is 12.1 Å². The number of hydrogen-bond acceptors (Lipinski definition) is 4. The molecule has 1 atom stereocenters. The van der Waals surface area contributed by atoms with Gasteiger partial charge in [-0.2, -0.15) is 5.26 Å². The SMILES string of the molecule is COc1cc(/C=C/C(=O)N[C@H](C)c2ccc(F)cc2F)ccc1OCC#N. The zero-order valence-electron chi connectivity index (χ0n) is 14.8. The van der Waals surface area contributed by atoms with Crippen LogP contribution in [0.5, 0.6) is 11.5 Å². The normalized spacial score (nSPS) is 11.7. The molecule has 0 unspecified atom stereocenters. The van der Waals surface area contributed by atoms with Gasteiger partial charge in [0.25, 0.3) is 0 Å². The maximum absolute atomic E-state index is 13.8. The summed E-state index contributed by atoms with van der Waals surface area (Å²) in [6.07, 6.45) is 2.85. The quantitative estimate of drug-likeness (QED) is 0.751. The molecule has 0 saturated carbocycles. The van der Waals surface area contributed by atoms with Crippen molar-refractivity contribution in [2.75, 3.05) is 13.7 Å². The lowest BCUT2D eigenvalue weighted by Gasteiger charge is -2.14. The van der Waals surface area contributed by atoms with Crippen molar-refractivity contribution in [3.05, 3.63) is 65.2 Å². The van der Waals surface area contributed by atoms with Gasteiger partial charge in [0, 0.05) is 17.7 Å². The lowest BCUT2D eigenvalue weighted by atomic mass is 10.1. The van der Waals surface area contributed by atoms with E-state index in [1.54, 1.807) is 31.2 Å². The summed E-state index contributed by atoms with van der Waals surface area (Å²) >= 11 is 0. The molecule has 2 aromatic carbocycles. The van der Waals surface area contributed by atoms with Crippen molar-refractivity contribution in [3.8, 4) is 17.6 Å². The number of halogens is 2. The zero-order valence-corrected chi connectivity index (χ0v) is 14.8. The van der Waals surface area contributed by atoms with E-state index in [1.807, 2.05) is 6.07 Å². The molecule has 0 radical (unpaired) electrons. The van der Waals surface area contributed by atoms with Crippen LogP contribution < -0.4 is 14.8 Å². The average Bonchev–Trinajstić information content (AvgIpc) is 2.64. The highest BCUT2D eigenvalue weighted by atomic mass is 19.1. The van der Waals surface area contributed by atoms with E-state index in [9.17, 15) is 13.6 Å². The monoisotopic (exact) mass is 372 g/mol. The van der Waals surface area contributed by atoms with Crippen LogP contribution in [0.25, 0.3) is 6.08 Å². The van der Waals surface area contributed by atoms with E-state index in [4.69, 9.17) is 14.7 Å². The molecule has 0 aliphatic carbocycles. The molecular weight excluding hydrogens is 354 g/mol. The van der Waals surface area contributed by atoms with E-state index in [0.717, 1.165) is 12.1 Å². The predicted molar refractivity (Wildman–Crippen MR) is 96.1 cm³/mol. The first-order valence-corrected chi connectivity index (χ1v) is 8.06. The van der Waals surface area contributed by atoms with Gasteiger partial charge in [0.1, 0.15) is 17.7 Å². The van der Waals surface area contributed by atoms with Gasteiger partial charge < -0.3 is 14.8 Å². The topological polar surface area (TPSA) is 71.3 Å². The molecule has 0 aliphatic heterocycles. The number of carbonyl (C=O) groups is 1. The minimum absolute atomic E-state index is 0.105. The third-order valence-corrected chi connectivity index (χ3v) is 3.69. The third-order valence-electron chi connectivity index (χ3n) is 3.69. The van der Waals surface area contributed by atoms with Gasteiger partial charge in [-0.25, -0.2) is 8.78 Å². The largest absolute Gasteiger partial charge is 0.493 e. The number of nitriles is 1. The molecule has 0 bridgehead atoms. The highest BCUT2D eigenvalue weighted by Gasteiger charge is 2.13. The molecule has 5 nitrogen and oxygen atoms in total. The number of ether oxygens (including phenoxy) is 2. The first-order valence-electron chi connectivity index (χ1n) is 8.06. The van der Waals surface area contributed by atoms with Crippen molar-refractivity contribution in [1.29, 1.82) is 5.26 Å². The van der Waals surface area contributed by atoms with Crippen molar-refractivity contribution >= 4 is 12.0 Å². The Kier molecular flexibility index (Phi) is 6.89. The molecular formula is C20H18F2N2O3. The van der Waals surface area contributed by atoms with Crippen molar-refractivity contribution in [2.45, 2.75) is 13.0 Å². The molecule has 2 aromatic rings. The van der Waals surface area contributed by atoms with Crippen LogP contribution in [0.2, 0.25) is 0 Å². The van der Waals surface area contributed by atoms with Gasteiger partial charge in [-0.3, -0.25) is 4.79 Å². The van der Waals surface area contributed by atoms with E-state index in [1.165, 1.54) is 19.3 Å².